The molecule has 3 nitrogen and oxygen atoms in total. The monoisotopic (exact) mass is 280 g/mol. The number of primary amides is 1. The lowest BCUT2D eigenvalue weighted by Crippen LogP contribution is -2.25. The van der Waals surface area contributed by atoms with Gasteiger partial charge in [0.25, 0.3) is 0 Å². The number of amides is 1. The van der Waals surface area contributed by atoms with Gasteiger partial charge in [0.05, 0.1) is 0 Å². The molecular weight excluding hydrogens is 260 g/mol. The zero-order chi connectivity index (χ0) is 13.8. The van der Waals surface area contributed by atoms with Gasteiger partial charge < -0.3 is 5.73 Å². The Balaban J connectivity index is 1.83. The molecule has 1 heterocycles. The zero-order valence-corrected chi connectivity index (χ0v) is 12.1. The molecule has 0 aromatic heterocycles. The fourth-order valence-electron chi connectivity index (χ4n) is 2.76. The van der Waals surface area contributed by atoms with E-state index in [-0.39, 0.29) is 11.8 Å². The number of nitrogens with two attached hydrogens (primary N) is 1. The topological polar surface area (TPSA) is 46.3 Å². The van der Waals surface area contributed by atoms with E-state index in [4.69, 9.17) is 17.3 Å². The van der Waals surface area contributed by atoms with Crippen LogP contribution in [0.3, 0.4) is 0 Å². The maximum absolute atomic E-state index is 11.1. The van der Waals surface area contributed by atoms with Crippen molar-refractivity contribution < 1.29 is 4.79 Å². The largest absolute Gasteiger partial charge is 0.369 e. The maximum Gasteiger partial charge on any atom is 0.220 e. The molecule has 2 N–H and O–H groups in total. The van der Waals surface area contributed by atoms with Gasteiger partial charge in [-0.05, 0) is 43.0 Å². The summed E-state index contributed by atoms with van der Waals surface area (Å²) < 4.78 is 0. The number of benzene rings is 1. The third-order valence-electron chi connectivity index (χ3n) is 3.84. The molecule has 1 aromatic carbocycles. The third kappa shape index (κ3) is 4.22. The highest BCUT2D eigenvalue weighted by Crippen LogP contribution is 2.25. The Morgan fingerprint density at radius 1 is 1.58 bits per heavy atom. The summed E-state index contributed by atoms with van der Waals surface area (Å²) in [7, 11) is 0. The highest BCUT2D eigenvalue weighted by Gasteiger charge is 2.25. The van der Waals surface area contributed by atoms with Crippen LogP contribution in [0.5, 0.6) is 0 Å². The van der Waals surface area contributed by atoms with Crippen molar-refractivity contribution in [3.63, 3.8) is 0 Å². The third-order valence-corrected chi connectivity index (χ3v) is 4.07. The van der Waals surface area contributed by atoms with Gasteiger partial charge in [0.1, 0.15) is 0 Å². The van der Waals surface area contributed by atoms with E-state index in [2.05, 4.69) is 11.0 Å². The van der Waals surface area contributed by atoms with Crippen molar-refractivity contribution >= 4 is 17.5 Å². The molecule has 1 aliphatic rings. The number of carbonyl (C=O) groups excluding carboxylic acids is 1. The van der Waals surface area contributed by atoms with Crippen molar-refractivity contribution in [2.45, 2.75) is 26.3 Å². The average molecular weight is 281 g/mol. The number of likely N-dealkylation sites (tertiary alicyclic amines) is 1. The molecule has 2 unspecified atom stereocenters. The molecule has 0 saturated carbocycles. The van der Waals surface area contributed by atoms with E-state index in [0.29, 0.717) is 5.92 Å². The Kier molecular flexibility index (Phi) is 4.83. The lowest BCUT2D eigenvalue weighted by molar-refractivity contribution is -0.121. The minimum atomic E-state index is -0.187. The summed E-state index contributed by atoms with van der Waals surface area (Å²) in [6.07, 6.45) is 2.06. The first kappa shape index (κ1) is 14.4. The van der Waals surface area contributed by atoms with Crippen molar-refractivity contribution in [3.8, 4) is 0 Å². The molecule has 0 radical (unpaired) electrons. The molecule has 104 valence electrons. The molecule has 0 bridgehead atoms. The summed E-state index contributed by atoms with van der Waals surface area (Å²) in [5.41, 5.74) is 6.57. The van der Waals surface area contributed by atoms with Gasteiger partial charge in [-0.15, -0.1) is 0 Å². The molecule has 0 spiro atoms. The predicted octanol–water partition coefficient (Wildman–Crippen LogP) is 2.67. The Hall–Kier alpha value is -1.06. The first-order valence-corrected chi connectivity index (χ1v) is 7.18. The lowest BCUT2D eigenvalue weighted by Gasteiger charge is -2.17. The molecule has 1 saturated heterocycles. The number of carbonyl (C=O) groups is 1. The second-order valence-electron chi connectivity index (χ2n) is 5.56. The quantitative estimate of drug-likeness (QED) is 0.901. The normalized spacial score (nSPS) is 21.5. The molecule has 2 atom stereocenters. The lowest BCUT2D eigenvalue weighted by atomic mass is 9.95. The van der Waals surface area contributed by atoms with Crippen LogP contribution in [-0.4, -0.2) is 23.9 Å². The standard InChI is InChI=1S/C15H21ClN2O/c1-11(15(17)19)7-13-5-6-18(10-13)9-12-3-2-4-14(16)8-12/h2-4,8,11,13H,5-7,9-10H2,1H3,(H2,17,19). The van der Waals surface area contributed by atoms with Gasteiger partial charge in [-0.2, -0.15) is 0 Å². The summed E-state index contributed by atoms with van der Waals surface area (Å²) >= 11 is 5.99. The fraction of sp³-hybridized carbons (Fsp3) is 0.533. The van der Waals surface area contributed by atoms with Gasteiger partial charge in [-0.3, -0.25) is 9.69 Å². The van der Waals surface area contributed by atoms with Gasteiger partial charge in [0, 0.05) is 24.0 Å². The first-order chi connectivity index (χ1) is 9.04. The minimum Gasteiger partial charge on any atom is -0.369 e. The second kappa shape index (κ2) is 6.40. The van der Waals surface area contributed by atoms with Crippen LogP contribution in [0.2, 0.25) is 5.02 Å². The van der Waals surface area contributed by atoms with E-state index >= 15 is 0 Å². The molecule has 2 rings (SSSR count). The number of halogens is 1. The Labute approximate surface area is 119 Å². The summed E-state index contributed by atoms with van der Waals surface area (Å²) in [6.45, 7) is 4.98. The summed E-state index contributed by atoms with van der Waals surface area (Å²) in [5, 5.41) is 0.788. The van der Waals surface area contributed by atoms with Gasteiger partial charge in [0.2, 0.25) is 5.91 Å². The van der Waals surface area contributed by atoms with Gasteiger partial charge in [0.15, 0.2) is 0 Å². The van der Waals surface area contributed by atoms with Crippen LogP contribution in [0.1, 0.15) is 25.3 Å². The number of hydrogen-bond donors (Lipinski definition) is 1. The van der Waals surface area contributed by atoms with E-state index in [1.165, 1.54) is 5.56 Å². The van der Waals surface area contributed by atoms with E-state index in [0.717, 1.165) is 37.5 Å². The van der Waals surface area contributed by atoms with Crippen LogP contribution in [-0.2, 0) is 11.3 Å². The summed E-state index contributed by atoms with van der Waals surface area (Å²) in [4.78, 5) is 13.5. The fourth-order valence-corrected chi connectivity index (χ4v) is 2.97. The number of nitrogens with zero attached hydrogens (tertiary/aromatic N) is 1. The molecule has 4 heteroatoms. The van der Waals surface area contributed by atoms with E-state index in [1.807, 2.05) is 25.1 Å². The zero-order valence-electron chi connectivity index (χ0n) is 11.3. The molecule has 0 aliphatic carbocycles. The molecule has 1 amide bonds. The highest BCUT2D eigenvalue weighted by molar-refractivity contribution is 6.30. The summed E-state index contributed by atoms with van der Waals surface area (Å²) in [5.74, 6) is 0.381. The molecule has 1 aromatic rings. The Bertz CT molecular complexity index is 450. The van der Waals surface area contributed by atoms with Crippen LogP contribution in [0, 0.1) is 11.8 Å². The van der Waals surface area contributed by atoms with Gasteiger partial charge in [-0.1, -0.05) is 30.7 Å². The van der Waals surface area contributed by atoms with Gasteiger partial charge in [-0.25, -0.2) is 0 Å². The summed E-state index contributed by atoms with van der Waals surface area (Å²) in [6, 6.07) is 8.00. The SMILES string of the molecule is CC(CC1CCN(Cc2cccc(Cl)c2)C1)C(N)=O. The minimum absolute atomic E-state index is 0.0175. The van der Waals surface area contributed by atoms with Crippen LogP contribution in [0.25, 0.3) is 0 Å². The van der Waals surface area contributed by atoms with Crippen molar-refractivity contribution in [3.05, 3.63) is 34.9 Å². The van der Waals surface area contributed by atoms with Crippen LogP contribution in [0.15, 0.2) is 24.3 Å². The maximum atomic E-state index is 11.1. The smallest absolute Gasteiger partial charge is 0.220 e. The molecule has 19 heavy (non-hydrogen) atoms. The van der Waals surface area contributed by atoms with Crippen molar-refractivity contribution in [1.29, 1.82) is 0 Å². The number of rotatable bonds is 5. The first-order valence-electron chi connectivity index (χ1n) is 6.80. The van der Waals surface area contributed by atoms with E-state index in [1.54, 1.807) is 0 Å². The van der Waals surface area contributed by atoms with E-state index in [9.17, 15) is 4.79 Å². The molecule has 1 fully saturated rings. The molecule has 1 aliphatic heterocycles. The van der Waals surface area contributed by atoms with Crippen molar-refractivity contribution in [1.82, 2.24) is 4.90 Å². The van der Waals surface area contributed by atoms with Crippen molar-refractivity contribution in [2.75, 3.05) is 13.1 Å². The second-order valence-corrected chi connectivity index (χ2v) is 6.00. The molecular formula is C15H21ClN2O. The van der Waals surface area contributed by atoms with Crippen LogP contribution in [0.4, 0.5) is 0 Å². The Morgan fingerprint density at radius 2 is 2.37 bits per heavy atom. The van der Waals surface area contributed by atoms with Gasteiger partial charge >= 0.3 is 0 Å². The van der Waals surface area contributed by atoms with Crippen molar-refractivity contribution in [2.24, 2.45) is 17.6 Å². The number of hydrogen-bond acceptors (Lipinski definition) is 2. The Morgan fingerprint density at radius 3 is 3.05 bits per heavy atom. The average Bonchev–Trinajstić information content (AvgIpc) is 2.76. The van der Waals surface area contributed by atoms with E-state index < -0.39 is 0 Å². The predicted molar refractivity (Wildman–Crippen MR) is 77.8 cm³/mol. The van der Waals surface area contributed by atoms with Crippen LogP contribution >= 0.6 is 11.6 Å². The van der Waals surface area contributed by atoms with Crippen LogP contribution < -0.4 is 5.73 Å². The highest BCUT2D eigenvalue weighted by atomic mass is 35.5.